The molecule has 0 bridgehead atoms. The summed E-state index contributed by atoms with van der Waals surface area (Å²) in [6.45, 7) is 0. The Balaban J connectivity index is 2.28. The molecule has 1 fully saturated rings. The number of nitrogens with zero attached hydrogens (tertiary/aromatic N) is 2. The summed E-state index contributed by atoms with van der Waals surface area (Å²) in [4.78, 5) is 0. The van der Waals surface area contributed by atoms with E-state index in [1.807, 2.05) is 0 Å². The molecule has 2 unspecified atom stereocenters. The van der Waals surface area contributed by atoms with Crippen molar-refractivity contribution in [2.24, 2.45) is 13.0 Å². The monoisotopic (exact) mass is 204 g/mol. The Morgan fingerprint density at radius 3 is 2.92 bits per heavy atom. The van der Waals surface area contributed by atoms with Gasteiger partial charge in [0.25, 0.3) is 5.92 Å². The van der Waals surface area contributed by atoms with Crippen LogP contribution in [0.2, 0.25) is 5.15 Å². The topological polar surface area (TPSA) is 17.8 Å². The fourth-order valence-electron chi connectivity index (χ4n) is 2.18. The molecule has 1 aromatic rings. The third-order valence-corrected chi connectivity index (χ3v) is 3.40. The van der Waals surface area contributed by atoms with Gasteiger partial charge in [0.15, 0.2) is 0 Å². The van der Waals surface area contributed by atoms with Gasteiger partial charge in [-0.1, -0.05) is 11.6 Å². The molecule has 2 atom stereocenters. The highest BCUT2D eigenvalue weighted by atomic mass is 35.5. The number of hydrogen-bond acceptors (Lipinski definition) is 1. The fraction of sp³-hybridized carbons (Fsp3) is 0.625. The maximum absolute atomic E-state index is 13.4. The van der Waals surface area contributed by atoms with Crippen molar-refractivity contribution in [2.75, 3.05) is 0 Å². The Hall–Kier alpha value is -0.640. The number of hydrogen-bond donors (Lipinski definition) is 0. The number of aromatic nitrogens is 2. The van der Waals surface area contributed by atoms with E-state index >= 15 is 0 Å². The van der Waals surface area contributed by atoms with E-state index in [0.717, 1.165) is 0 Å². The summed E-state index contributed by atoms with van der Waals surface area (Å²) >= 11 is 5.87. The predicted molar refractivity (Wildman–Crippen MR) is 43.0 cm³/mol. The molecule has 0 amide bonds. The number of fused-ring (bicyclic) bond motifs is 3. The molecule has 1 heterocycles. The van der Waals surface area contributed by atoms with Crippen LogP contribution in [-0.2, 0) is 13.0 Å². The second-order valence-corrected chi connectivity index (χ2v) is 4.11. The van der Waals surface area contributed by atoms with Crippen LogP contribution in [0.15, 0.2) is 0 Å². The lowest BCUT2D eigenvalue weighted by Gasteiger charge is -2.08. The van der Waals surface area contributed by atoms with Crippen LogP contribution in [0.3, 0.4) is 0 Å². The number of rotatable bonds is 0. The zero-order valence-corrected chi connectivity index (χ0v) is 7.65. The third kappa shape index (κ3) is 0.713. The van der Waals surface area contributed by atoms with Crippen LogP contribution in [0.4, 0.5) is 8.78 Å². The van der Waals surface area contributed by atoms with E-state index in [-0.39, 0.29) is 11.6 Å². The van der Waals surface area contributed by atoms with Gasteiger partial charge in [0.05, 0.1) is 0 Å². The van der Waals surface area contributed by atoms with Crippen LogP contribution in [0.5, 0.6) is 0 Å². The molecular formula is C8H7ClF2N2. The highest BCUT2D eigenvalue weighted by molar-refractivity contribution is 6.30. The quantitative estimate of drug-likeness (QED) is 0.634. The largest absolute Gasteiger partial charge is 0.295 e. The molecule has 0 spiro atoms. The zero-order chi connectivity index (χ0) is 9.38. The molecule has 1 aromatic heterocycles. The van der Waals surface area contributed by atoms with Crippen LogP contribution >= 0.6 is 11.6 Å². The minimum Gasteiger partial charge on any atom is -0.256 e. The molecule has 5 heteroatoms. The molecule has 1 saturated carbocycles. The average molecular weight is 205 g/mol. The normalized spacial score (nSPS) is 32.9. The van der Waals surface area contributed by atoms with Crippen molar-refractivity contribution in [1.82, 2.24) is 9.78 Å². The SMILES string of the molecule is Cn1nc2c(c1Cl)C1CC1C2(F)F. The van der Waals surface area contributed by atoms with Crippen LogP contribution in [0.1, 0.15) is 23.6 Å². The highest BCUT2D eigenvalue weighted by Gasteiger charge is 2.66. The van der Waals surface area contributed by atoms with Gasteiger partial charge < -0.3 is 0 Å². The van der Waals surface area contributed by atoms with Crippen molar-refractivity contribution in [1.29, 1.82) is 0 Å². The predicted octanol–water partition coefficient (Wildman–Crippen LogP) is 2.28. The van der Waals surface area contributed by atoms with Gasteiger partial charge in [0.1, 0.15) is 10.8 Å². The smallest absolute Gasteiger partial charge is 0.256 e. The maximum Gasteiger partial charge on any atom is 0.295 e. The van der Waals surface area contributed by atoms with Crippen molar-refractivity contribution in [3.63, 3.8) is 0 Å². The standard InChI is InChI=1S/C8H7ClF2N2/c1-13-7(9)5-3-2-4(3)8(10,11)6(5)12-13/h3-4H,2H2,1H3. The third-order valence-electron chi connectivity index (χ3n) is 2.95. The second kappa shape index (κ2) is 1.90. The average Bonchev–Trinajstić information content (AvgIpc) is 2.73. The van der Waals surface area contributed by atoms with Gasteiger partial charge in [0.2, 0.25) is 0 Å². The van der Waals surface area contributed by atoms with Gasteiger partial charge >= 0.3 is 0 Å². The van der Waals surface area contributed by atoms with Gasteiger partial charge in [-0.2, -0.15) is 13.9 Å². The Bertz CT molecular complexity index is 399. The van der Waals surface area contributed by atoms with E-state index in [1.165, 1.54) is 4.68 Å². The van der Waals surface area contributed by atoms with Crippen LogP contribution in [0, 0.1) is 5.92 Å². The van der Waals surface area contributed by atoms with Crippen molar-refractivity contribution in [2.45, 2.75) is 18.3 Å². The molecule has 0 aromatic carbocycles. The van der Waals surface area contributed by atoms with Gasteiger partial charge in [-0.05, 0) is 12.3 Å². The lowest BCUT2D eigenvalue weighted by atomic mass is 10.2. The molecule has 0 N–H and O–H groups in total. The van der Waals surface area contributed by atoms with Gasteiger partial charge in [-0.3, -0.25) is 4.68 Å². The lowest BCUT2D eigenvalue weighted by Crippen LogP contribution is -2.14. The van der Waals surface area contributed by atoms with Crippen LogP contribution in [-0.4, -0.2) is 9.78 Å². The Morgan fingerprint density at radius 2 is 2.31 bits per heavy atom. The molecule has 13 heavy (non-hydrogen) atoms. The summed E-state index contributed by atoms with van der Waals surface area (Å²) in [5.41, 5.74) is 0.486. The first kappa shape index (κ1) is 7.74. The summed E-state index contributed by atoms with van der Waals surface area (Å²) in [7, 11) is 1.59. The van der Waals surface area contributed by atoms with Crippen LogP contribution in [0.25, 0.3) is 0 Å². The molecule has 2 aliphatic carbocycles. The van der Waals surface area contributed by atoms with E-state index in [2.05, 4.69) is 5.10 Å². The number of alkyl halides is 2. The van der Waals surface area contributed by atoms with Crippen LogP contribution < -0.4 is 0 Å². The Morgan fingerprint density at radius 1 is 1.62 bits per heavy atom. The molecule has 0 saturated heterocycles. The van der Waals surface area contributed by atoms with E-state index in [4.69, 9.17) is 11.6 Å². The summed E-state index contributed by atoms with van der Waals surface area (Å²) < 4.78 is 28.2. The first-order valence-electron chi connectivity index (χ1n) is 4.14. The van der Waals surface area contributed by atoms with Gasteiger partial charge in [-0.25, -0.2) is 0 Å². The molecular weight excluding hydrogens is 198 g/mol. The van der Waals surface area contributed by atoms with Gasteiger partial charge in [-0.15, -0.1) is 0 Å². The fourth-order valence-corrected chi connectivity index (χ4v) is 2.45. The summed E-state index contributed by atoms with van der Waals surface area (Å²) in [6.07, 6.45) is 0.561. The molecule has 0 aliphatic heterocycles. The van der Waals surface area contributed by atoms with E-state index in [9.17, 15) is 8.78 Å². The van der Waals surface area contributed by atoms with Crippen molar-refractivity contribution in [3.8, 4) is 0 Å². The number of halogens is 3. The van der Waals surface area contributed by atoms with Crippen molar-refractivity contribution >= 4 is 11.6 Å². The van der Waals surface area contributed by atoms with Gasteiger partial charge in [0, 0.05) is 18.5 Å². The second-order valence-electron chi connectivity index (χ2n) is 3.75. The first-order valence-corrected chi connectivity index (χ1v) is 4.52. The minimum atomic E-state index is -2.75. The van der Waals surface area contributed by atoms with E-state index in [1.54, 1.807) is 7.05 Å². The molecule has 2 aliphatic rings. The van der Waals surface area contributed by atoms with Crippen molar-refractivity contribution in [3.05, 3.63) is 16.4 Å². The van der Waals surface area contributed by atoms with E-state index in [0.29, 0.717) is 17.1 Å². The maximum atomic E-state index is 13.4. The molecule has 70 valence electrons. The summed E-state index contributed by atoms with van der Waals surface area (Å²) in [6, 6.07) is 0. The Kier molecular flexibility index (Phi) is 1.13. The number of aryl methyl sites for hydroxylation is 1. The minimum absolute atomic E-state index is 0.0359. The molecule has 3 rings (SSSR count). The molecule has 0 radical (unpaired) electrons. The zero-order valence-electron chi connectivity index (χ0n) is 6.89. The first-order chi connectivity index (χ1) is 6.03. The van der Waals surface area contributed by atoms with Crippen molar-refractivity contribution < 1.29 is 8.78 Å². The molecule has 2 nitrogen and oxygen atoms in total. The summed E-state index contributed by atoms with van der Waals surface area (Å²) in [5.74, 6) is -3.31. The van der Waals surface area contributed by atoms with E-state index < -0.39 is 11.8 Å². The summed E-state index contributed by atoms with van der Waals surface area (Å²) in [5, 5.41) is 4.13. The highest BCUT2D eigenvalue weighted by Crippen LogP contribution is 2.67. The lowest BCUT2D eigenvalue weighted by molar-refractivity contribution is -0.0273. The Labute approximate surface area is 78.5 Å².